The van der Waals surface area contributed by atoms with Crippen molar-refractivity contribution in [2.75, 3.05) is 12.4 Å². The lowest BCUT2D eigenvalue weighted by Crippen LogP contribution is -2.03. The lowest BCUT2D eigenvalue weighted by molar-refractivity contribution is 0.0594. The molecule has 0 atom stereocenters. The third-order valence-electron chi connectivity index (χ3n) is 2.55. The molecular formula is C13H12Cl2N2O2. The number of aromatic amines is 1. The summed E-state index contributed by atoms with van der Waals surface area (Å²) in [5.74, 6) is -0.388. The number of methoxy groups -OCH3 is 1. The number of esters is 1. The third-order valence-corrected chi connectivity index (χ3v) is 3.29. The highest BCUT2D eigenvalue weighted by Crippen LogP contribution is 2.25. The lowest BCUT2D eigenvalue weighted by Gasteiger charge is -2.06. The molecule has 4 nitrogen and oxygen atoms in total. The van der Waals surface area contributed by atoms with Gasteiger partial charge in [0, 0.05) is 11.4 Å². The van der Waals surface area contributed by atoms with Gasteiger partial charge in [0.1, 0.15) is 5.69 Å². The van der Waals surface area contributed by atoms with E-state index in [2.05, 4.69) is 15.0 Å². The van der Waals surface area contributed by atoms with E-state index >= 15 is 0 Å². The van der Waals surface area contributed by atoms with Gasteiger partial charge in [-0.15, -0.1) is 0 Å². The predicted molar refractivity (Wildman–Crippen MR) is 75.9 cm³/mol. The molecule has 6 heteroatoms. The summed E-state index contributed by atoms with van der Waals surface area (Å²) in [6, 6.07) is 8.79. The van der Waals surface area contributed by atoms with Crippen molar-refractivity contribution >= 4 is 34.9 Å². The minimum absolute atomic E-state index is 0.388. The number of rotatable bonds is 4. The summed E-state index contributed by atoms with van der Waals surface area (Å²) >= 11 is 11.8. The maximum atomic E-state index is 11.3. The fourth-order valence-electron chi connectivity index (χ4n) is 1.58. The molecule has 19 heavy (non-hydrogen) atoms. The zero-order valence-electron chi connectivity index (χ0n) is 10.2. The number of ether oxygens (including phenoxy) is 1. The first-order valence-electron chi connectivity index (χ1n) is 5.55. The Morgan fingerprint density at radius 3 is 2.74 bits per heavy atom. The van der Waals surface area contributed by atoms with Crippen molar-refractivity contribution in [3.63, 3.8) is 0 Å². The van der Waals surface area contributed by atoms with Crippen molar-refractivity contribution < 1.29 is 9.53 Å². The Bertz CT molecular complexity index is 596. The zero-order chi connectivity index (χ0) is 13.8. The van der Waals surface area contributed by atoms with Crippen LogP contribution in [-0.2, 0) is 11.3 Å². The average molecular weight is 299 g/mol. The monoisotopic (exact) mass is 298 g/mol. The van der Waals surface area contributed by atoms with Crippen LogP contribution in [0.2, 0.25) is 10.0 Å². The second-order valence-corrected chi connectivity index (χ2v) is 4.69. The number of H-pyrrole nitrogens is 1. The first-order chi connectivity index (χ1) is 9.10. The van der Waals surface area contributed by atoms with Gasteiger partial charge in [-0.05, 0) is 30.3 Å². The Labute approximate surface area is 120 Å². The van der Waals surface area contributed by atoms with E-state index in [9.17, 15) is 4.79 Å². The normalized spacial score (nSPS) is 10.3. The van der Waals surface area contributed by atoms with Crippen molar-refractivity contribution in [1.29, 1.82) is 0 Å². The van der Waals surface area contributed by atoms with Crippen molar-refractivity contribution in [2.24, 2.45) is 0 Å². The molecule has 1 aromatic carbocycles. The number of halogens is 2. The number of hydrogen-bond acceptors (Lipinski definition) is 3. The van der Waals surface area contributed by atoms with Gasteiger partial charge in [0.05, 0.1) is 23.7 Å². The Morgan fingerprint density at radius 1 is 1.26 bits per heavy atom. The number of hydrogen-bond donors (Lipinski definition) is 2. The molecule has 0 bridgehead atoms. The van der Waals surface area contributed by atoms with Gasteiger partial charge in [0.2, 0.25) is 0 Å². The van der Waals surface area contributed by atoms with Crippen LogP contribution in [0.1, 0.15) is 16.2 Å². The smallest absolute Gasteiger partial charge is 0.354 e. The summed E-state index contributed by atoms with van der Waals surface area (Å²) in [6.07, 6.45) is 0. The Morgan fingerprint density at radius 2 is 2.05 bits per heavy atom. The Hall–Kier alpha value is -1.65. The quantitative estimate of drug-likeness (QED) is 0.846. The molecule has 0 spiro atoms. The van der Waals surface area contributed by atoms with Gasteiger partial charge in [-0.2, -0.15) is 0 Å². The minimum atomic E-state index is -0.388. The molecule has 0 amide bonds. The van der Waals surface area contributed by atoms with Crippen molar-refractivity contribution in [2.45, 2.75) is 6.54 Å². The first kappa shape index (κ1) is 13.8. The van der Waals surface area contributed by atoms with E-state index in [0.717, 1.165) is 11.4 Å². The van der Waals surface area contributed by atoms with Crippen LogP contribution < -0.4 is 5.32 Å². The molecule has 0 radical (unpaired) electrons. The van der Waals surface area contributed by atoms with Gasteiger partial charge in [-0.25, -0.2) is 4.79 Å². The van der Waals surface area contributed by atoms with Gasteiger partial charge in [0.25, 0.3) is 0 Å². The third kappa shape index (κ3) is 3.43. The fraction of sp³-hybridized carbons (Fsp3) is 0.154. The molecule has 0 saturated carbocycles. The van der Waals surface area contributed by atoms with Crippen molar-refractivity contribution in [1.82, 2.24) is 4.98 Å². The van der Waals surface area contributed by atoms with Gasteiger partial charge in [-0.3, -0.25) is 0 Å². The number of anilines is 1. The van der Waals surface area contributed by atoms with Crippen LogP contribution in [-0.4, -0.2) is 18.1 Å². The number of benzene rings is 1. The van der Waals surface area contributed by atoms with Crippen LogP contribution in [0.4, 0.5) is 5.69 Å². The highest BCUT2D eigenvalue weighted by Gasteiger charge is 2.07. The fourth-order valence-corrected chi connectivity index (χ4v) is 1.87. The molecule has 0 saturated heterocycles. The van der Waals surface area contributed by atoms with Crippen LogP contribution in [0.3, 0.4) is 0 Å². The topological polar surface area (TPSA) is 54.1 Å². The number of carbonyl (C=O) groups is 1. The summed E-state index contributed by atoms with van der Waals surface area (Å²) in [6.45, 7) is 0.537. The number of aromatic nitrogens is 1. The standard InChI is InChI=1S/C13H12Cl2N2O2/c1-19-13(18)12-5-3-9(17-12)7-16-8-2-4-10(14)11(15)6-8/h2-6,16-17H,7H2,1H3. The van der Waals surface area contributed by atoms with E-state index in [-0.39, 0.29) is 5.97 Å². The van der Waals surface area contributed by atoms with Crippen LogP contribution in [0.25, 0.3) is 0 Å². The summed E-state index contributed by atoms with van der Waals surface area (Å²) < 4.78 is 4.62. The lowest BCUT2D eigenvalue weighted by atomic mass is 10.3. The second-order valence-electron chi connectivity index (χ2n) is 3.87. The molecular weight excluding hydrogens is 287 g/mol. The van der Waals surface area contributed by atoms with Crippen molar-refractivity contribution in [3.05, 3.63) is 51.8 Å². The maximum absolute atomic E-state index is 11.3. The Balaban J connectivity index is 2.00. The van der Waals surface area contributed by atoms with Gasteiger partial charge < -0.3 is 15.0 Å². The Kier molecular flexibility index (Phi) is 4.35. The van der Waals surface area contributed by atoms with Crippen molar-refractivity contribution in [3.8, 4) is 0 Å². The van der Waals surface area contributed by atoms with E-state index in [4.69, 9.17) is 23.2 Å². The zero-order valence-corrected chi connectivity index (χ0v) is 11.7. The molecule has 2 rings (SSSR count). The largest absolute Gasteiger partial charge is 0.464 e. The van der Waals surface area contributed by atoms with Gasteiger partial charge >= 0.3 is 5.97 Å². The minimum Gasteiger partial charge on any atom is -0.464 e. The number of nitrogens with one attached hydrogen (secondary N) is 2. The second kappa shape index (κ2) is 5.99. The molecule has 0 aliphatic carbocycles. The van der Waals surface area contributed by atoms with Gasteiger partial charge in [0.15, 0.2) is 0 Å². The van der Waals surface area contributed by atoms with Gasteiger partial charge in [-0.1, -0.05) is 23.2 Å². The maximum Gasteiger partial charge on any atom is 0.354 e. The molecule has 2 aromatic rings. The first-order valence-corrected chi connectivity index (χ1v) is 6.31. The van der Waals surface area contributed by atoms with Crippen LogP contribution >= 0.6 is 23.2 Å². The van der Waals surface area contributed by atoms with E-state index in [1.54, 1.807) is 18.2 Å². The summed E-state index contributed by atoms with van der Waals surface area (Å²) in [7, 11) is 1.34. The molecule has 1 heterocycles. The van der Waals surface area contributed by atoms with Crippen LogP contribution in [0.15, 0.2) is 30.3 Å². The highest BCUT2D eigenvalue weighted by molar-refractivity contribution is 6.42. The van der Waals surface area contributed by atoms with Crippen LogP contribution in [0, 0.1) is 0 Å². The van der Waals surface area contributed by atoms with E-state index < -0.39 is 0 Å². The van der Waals surface area contributed by atoms with E-state index in [1.807, 2.05) is 12.1 Å². The van der Waals surface area contributed by atoms with E-state index in [1.165, 1.54) is 7.11 Å². The molecule has 2 N–H and O–H groups in total. The molecule has 0 aliphatic rings. The molecule has 0 fully saturated rings. The SMILES string of the molecule is COC(=O)c1ccc(CNc2ccc(Cl)c(Cl)c2)[nH]1. The summed E-state index contributed by atoms with van der Waals surface area (Å²) in [5, 5.41) is 4.18. The average Bonchev–Trinajstić information content (AvgIpc) is 2.88. The highest BCUT2D eigenvalue weighted by atomic mass is 35.5. The summed E-state index contributed by atoms with van der Waals surface area (Å²) in [5.41, 5.74) is 2.14. The molecule has 100 valence electrons. The molecule has 1 aromatic heterocycles. The molecule has 0 aliphatic heterocycles. The molecule has 0 unspecified atom stereocenters. The number of carbonyl (C=O) groups excluding carboxylic acids is 1. The summed E-state index contributed by atoms with van der Waals surface area (Å²) in [4.78, 5) is 14.2. The van der Waals surface area contributed by atoms with Crippen LogP contribution in [0.5, 0.6) is 0 Å². The van der Waals surface area contributed by atoms with E-state index in [0.29, 0.717) is 22.3 Å². The predicted octanol–water partition coefficient (Wildman–Crippen LogP) is 3.72.